The number of nitrogens with one attached hydrogen (secondary N) is 1. The van der Waals surface area contributed by atoms with Gasteiger partial charge in [-0.3, -0.25) is 4.79 Å². The fourth-order valence-electron chi connectivity index (χ4n) is 1.73. The summed E-state index contributed by atoms with van der Waals surface area (Å²) >= 11 is 0. The molecular formula is C10H18N2O3. The Morgan fingerprint density at radius 1 is 1.40 bits per heavy atom. The molecule has 1 amide bonds. The molecule has 0 bridgehead atoms. The highest BCUT2D eigenvalue weighted by Gasteiger charge is 2.42. The van der Waals surface area contributed by atoms with E-state index in [9.17, 15) is 4.79 Å². The second-order valence-electron chi connectivity index (χ2n) is 4.29. The Hall–Kier alpha value is -0.650. The zero-order valence-electron chi connectivity index (χ0n) is 8.87. The van der Waals surface area contributed by atoms with E-state index in [0.717, 1.165) is 12.8 Å². The number of nitrogens with zero attached hydrogens (tertiary/aromatic N) is 1. The van der Waals surface area contributed by atoms with E-state index >= 15 is 0 Å². The Morgan fingerprint density at radius 3 is 2.60 bits per heavy atom. The molecule has 2 N–H and O–H groups in total. The van der Waals surface area contributed by atoms with Gasteiger partial charge in [0, 0.05) is 18.6 Å². The molecule has 0 unspecified atom stereocenters. The van der Waals surface area contributed by atoms with Crippen LogP contribution in [0.3, 0.4) is 0 Å². The van der Waals surface area contributed by atoms with Gasteiger partial charge in [0.2, 0.25) is 5.91 Å². The van der Waals surface area contributed by atoms with Crippen molar-refractivity contribution in [3.05, 3.63) is 0 Å². The summed E-state index contributed by atoms with van der Waals surface area (Å²) in [6.45, 7) is 3.11. The summed E-state index contributed by atoms with van der Waals surface area (Å²) in [4.78, 5) is 13.5. The zero-order valence-corrected chi connectivity index (χ0v) is 8.87. The predicted molar refractivity (Wildman–Crippen MR) is 54.5 cm³/mol. The molecule has 0 radical (unpaired) electrons. The minimum atomic E-state index is -0.151. The highest BCUT2D eigenvalue weighted by Crippen LogP contribution is 2.34. The smallest absolute Gasteiger partial charge is 0.236 e. The summed E-state index contributed by atoms with van der Waals surface area (Å²) in [6.07, 6.45) is 1.94. The molecule has 15 heavy (non-hydrogen) atoms. The van der Waals surface area contributed by atoms with Crippen molar-refractivity contribution < 1.29 is 14.6 Å². The van der Waals surface area contributed by atoms with Gasteiger partial charge in [0.1, 0.15) is 0 Å². The first-order chi connectivity index (χ1) is 7.26. The Kier molecular flexibility index (Phi) is 3.23. The van der Waals surface area contributed by atoms with Crippen LogP contribution in [-0.2, 0) is 9.53 Å². The fraction of sp³-hybridized carbons (Fsp3) is 0.900. The molecule has 1 heterocycles. The van der Waals surface area contributed by atoms with Crippen LogP contribution in [0.15, 0.2) is 0 Å². The topological polar surface area (TPSA) is 61.8 Å². The molecule has 0 spiro atoms. The van der Waals surface area contributed by atoms with Crippen LogP contribution < -0.4 is 5.32 Å². The lowest BCUT2D eigenvalue weighted by molar-refractivity contribution is -0.134. The lowest BCUT2D eigenvalue weighted by Crippen LogP contribution is -2.47. The van der Waals surface area contributed by atoms with Crippen molar-refractivity contribution in [3.8, 4) is 0 Å². The minimum absolute atomic E-state index is 0.109. The Labute approximate surface area is 89.4 Å². The van der Waals surface area contributed by atoms with Gasteiger partial charge in [-0.2, -0.15) is 0 Å². The van der Waals surface area contributed by atoms with Crippen LogP contribution in [0.2, 0.25) is 0 Å². The SMILES string of the molecule is O=C(CNC1(CO)CC1)N1CCOCC1. The predicted octanol–water partition coefficient (Wildman–Crippen LogP) is -1.04. The molecule has 2 aliphatic rings. The van der Waals surface area contributed by atoms with Gasteiger partial charge in [-0.1, -0.05) is 0 Å². The maximum atomic E-state index is 11.7. The average Bonchev–Trinajstić information content (AvgIpc) is 3.08. The van der Waals surface area contributed by atoms with E-state index in [1.807, 2.05) is 4.90 Å². The molecule has 86 valence electrons. The number of rotatable bonds is 4. The van der Waals surface area contributed by atoms with Gasteiger partial charge >= 0.3 is 0 Å². The second kappa shape index (κ2) is 4.47. The van der Waals surface area contributed by atoms with E-state index in [4.69, 9.17) is 9.84 Å². The molecule has 1 saturated heterocycles. The minimum Gasteiger partial charge on any atom is -0.394 e. The van der Waals surface area contributed by atoms with Gasteiger partial charge < -0.3 is 20.1 Å². The number of ether oxygens (including phenoxy) is 1. The van der Waals surface area contributed by atoms with Gasteiger partial charge in [0.25, 0.3) is 0 Å². The monoisotopic (exact) mass is 214 g/mol. The number of morpholine rings is 1. The summed E-state index contributed by atoms with van der Waals surface area (Å²) in [5.74, 6) is 0.109. The fourth-order valence-corrected chi connectivity index (χ4v) is 1.73. The highest BCUT2D eigenvalue weighted by molar-refractivity contribution is 5.78. The summed E-state index contributed by atoms with van der Waals surface area (Å²) < 4.78 is 5.17. The van der Waals surface area contributed by atoms with Crippen molar-refractivity contribution in [1.29, 1.82) is 0 Å². The van der Waals surface area contributed by atoms with Gasteiger partial charge in [-0.25, -0.2) is 0 Å². The van der Waals surface area contributed by atoms with E-state index in [1.54, 1.807) is 0 Å². The third kappa shape index (κ3) is 2.68. The van der Waals surface area contributed by atoms with E-state index in [-0.39, 0.29) is 18.1 Å². The largest absolute Gasteiger partial charge is 0.394 e. The Bertz CT molecular complexity index is 235. The third-order valence-corrected chi connectivity index (χ3v) is 3.13. The number of hydrogen-bond donors (Lipinski definition) is 2. The normalized spacial score (nSPS) is 23.9. The molecule has 1 aliphatic carbocycles. The molecule has 5 heteroatoms. The number of hydrogen-bond acceptors (Lipinski definition) is 4. The molecule has 1 saturated carbocycles. The van der Waals surface area contributed by atoms with E-state index in [2.05, 4.69) is 5.32 Å². The zero-order chi connectivity index (χ0) is 10.7. The number of carbonyl (C=O) groups is 1. The van der Waals surface area contributed by atoms with E-state index < -0.39 is 0 Å². The van der Waals surface area contributed by atoms with Gasteiger partial charge in [-0.05, 0) is 12.8 Å². The van der Waals surface area contributed by atoms with Gasteiger partial charge in [-0.15, -0.1) is 0 Å². The average molecular weight is 214 g/mol. The highest BCUT2D eigenvalue weighted by atomic mass is 16.5. The molecule has 2 rings (SSSR count). The van der Waals surface area contributed by atoms with Crippen LogP contribution in [0.4, 0.5) is 0 Å². The molecular weight excluding hydrogens is 196 g/mol. The van der Waals surface area contributed by atoms with Crippen LogP contribution in [0.5, 0.6) is 0 Å². The van der Waals surface area contributed by atoms with Gasteiger partial charge in [0.15, 0.2) is 0 Å². The summed E-state index contributed by atoms with van der Waals surface area (Å²) in [5, 5.41) is 12.2. The molecule has 2 fully saturated rings. The van der Waals surface area contributed by atoms with Crippen LogP contribution in [0.25, 0.3) is 0 Å². The molecule has 5 nitrogen and oxygen atoms in total. The summed E-state index contributed by atoms with van der Waals surface area (Å²) in [7, 11) is 0. The Balaban J connectivity index is 1.72. The molecule has 0 aromatic rings. The molecule has 0 aromatic carbocycles. The van der Waals surface area contributed by atoms with Crippen LogP contribution in [0, 0.1) is 0 Å². The first-order valence-electron chi connectivity index (χ1n) is 5.47. The quantitative estimate of drug-likeness (QED) is 0.627. The number of aliphatic hydroxyl groups is 1. The van der Waals surface area contributed by atoms with Crippen LogP contribution in [0.1, 0.15) is 12.8 Å². The van der Waals surface area contributed by atoms with Crippen molar-refractivity contribution in [1.82, 2.24) is 10.2 Å². The van der Waals surface area contributed by atoms with Crippen molar-refractivity contribution in [2.24, 2.45) is 0 Å². The Morgan fingerprint density at radius 2 is 2.07 bits per heavy atom. The first-order valence-corrected chi connectivity index (χ1v) is 5.47. The summed E-state index contributed by atoms with van der Waals surface area (Å²) in [5.41, 5.74) is -0.151. The van der Waals surface area contributed by atoms with Crippen molar-refractivity contribution in [3.63, 3.8) is 0 Å². The van der Waals surface area contributed by atoms with Crippen LogP contribution in [-0.4, -0.2) is 60.9 Å². The number of amides is 1. The third-order valence-electron chi connectivity index (χ3n) is 3.13. The molecule has 1 aliphatic heterocycles. The van der Waals surface area contributed by atoms with Crippen molar-refractivity contribution in [2.45, 2.75) is 18.4 Å². The lowest BCUT2D eigenvalue weighted by atomic mass is 10.3. The summed E-state index contributed by atoms with van der Waals surface area (Å²) in [6, 6.07) is 0. The number of carbonyl (C=O) groups excluding carboxylic acids is 1. The van der Waals surface area contributed by atoms with Crippen molar-refractivity contribution in [2.75, 3.05) is 39.5 Å². The maximum absolute atomic E-state index is 11.7. The maximum Gasteiger partial charge on any atom is 0.236 e. The number of aliphatic hydroxyl groups excluding tert-OH is 1. The van der Waals surface area contributed by atoms with E-state index in [1.165, 1.54) is 0 Å². The standard InChI is InChI=1S/C10H18N2O3/c13-8-10(1-2-10)11-7-9(14)12-3-5-15-6-4-12/h11,13H,1-8H2. The molecule has 0 atom stereocenters. The van der Waals surface area contributed by atoms with Crippen molar-refractivity contribution >= 4 is 5.91 Å². The lowest BCUT2D eigenvalue weighted by Gasteiger charge is -2.27. The van der Waals surface area contributed by atoms with Gasteiger partial charge in [0.05, 0.1) is 26.4 Å². The molecule has 0 aromatic heterocycles. The second-order valence-corrected chi connectivity index (χ2v) is 4.29. The van der Waals surface area contributed by atoms with E-state index in [0.29, 0.717) is 32.8 Å². The first kappa shape index (κ1) is 10.9. The van der Waals surface area contributed by atoms with Crippen LogP contribution >= 0.6 is 0 Å².